The van der Waals surface area contributed by atoms with Crippen molar-refractivity contribution in [3.05, 3.63) is 71.8 Å². The molecule has 0 aliphatic carbocycles. The average molecular weight is 686 g/mol. The van der Waals surface area contributed by atoms with Crippen LogP contribution in [0.4, 0.5) is 0 Å². The first-order chi connectivity index (χ1) is 19.0. The Bertz CT molecular complexity index is 1550. The quantitative estimate of drug-likeness (QED) is 0.238. The summed E-state index contributed by atoms with van der Waals surface area (Å²) < 4.78 is 0. The molecule has 0 heterocycles. The van der Waals surface area contributed by atoms with Crippen LogP contribution in [0.25, 0.3) is 32.7 Å². The van der Waals surface area contributed by atoms with Crippen molar-refractivity contribution in [2.45, 2.75) is 39.8 Å². The molecule has 0 aromatic heterocycles. The standard InChI is InChI=1S/C32H32N2O6.3O.2V/c1-17(2)27(31(37)38)33-15-21-13-19-9-5-7-11-23(19)25(29(21)35)26-24-12-8-6-10-20(24)14-22(30(26)36)16-34-28(18(3)4)32(39)40;;;;;/h5-18,27-28,35-36H,1-4H3,(H,37,38)(H,39,40);;;;;/q;3*-2;;/p-4/t27-,28-;;;;;/m1...../s1. The van der Waals surface area contributed by atoms with E-state index in [1.807, 2.05) is 0 Å². The van der Waals surface area contributed by atoms with Gasteiger partial charge in [-0.3, -0.25) is 9.98 Å². The molecule has 13 heteroatoms. The van der Waals surface area contributed by atoms with Gasteiger partial charge in [0, 0.05) is 49.5 Å². The molecule has 2 radical (unpaired) electrons. The zero-order valence-corrected chi connectivity index (χ0v) is 27.5. The van der Waals surface area contributed by atoms with E-state index in [1.54, 1.807) is 88.4 Å². The average Bonchev–Trinajstić information content (AvgIpc) is 2.89. The molecule has 0 bridgehead atoms. The molecule has 0 fully saturated rings. The molecule has 2 atom stereocenters. The largest absolute Gasteiger partial charge is 2.00 e. The van der Waals surface area contributed by atoms with Gasteiger partial charge < -0.3 is 46.4 Å². The van der Waals surface area contributed by atoms with Crippen LogP contribution in [0, 0.1) is 11.8 Å². The van der Waals surface area contributed by atoms with Crippen molar-refractivity contribution >= 4 is 45.9 Å². The number of carbonyl (C=O) groups is 2. The molecule has 11 nitrogen and oxygen atoms in total. The van der Waals surface area contributed by atoms with Gasteiger partial charge >= 0.3 is 0 Å². The Morgan fingerprint density at radius 1 is 0.622 bits per heavy atom. The van der Waals surface area contributed by atoms with Gasteiger partial charge in [0.05, 0.1) is 24.0 Å². The molecule has 45 heavy (non-hydrogen) atoms. The van der Waals surface area contributed by atoms with Gasteiger partial charge in [0.15, 0.2) is 0 Å². The molecule has 0 N–H and O–H groups in total. The maximum atomic E-state index is 14.0. The molecule has 0 saturated carbocycles. The van der Waals surface area contributed by atoms with Gasteiger partial charge in [-0.1, -0.05) is 87.7 Å². The van der Waals surface area contributed by atoms with Crippen LogP contribution in [-0.2, 0) is 63.1 Å². The Balaban J connectivity index is 0. The molecule has 0 aliphatic rings. The van der Waals surface area contributed by atoms with Crippen molar-refractivity contribution in [3.8, 4) is 22.6 Å². The van der Waals surface area contributed by atoms with E-state index < -0.39 is 35.5 Å². The van der Waals surface area contributed by atoms with Crippen LogP contribution in [0.2, 0.25) is 0 Å². The van der Waals surface area contributed by atoms with E-state index in [0.29, 0.717) is 21.5 Å². The first-order valence-electron chi connectivity index (χ1n) is 12.9. The van der Waals surface area contributed by atoms with Crippen LogP contribution in [0.3, 0.4) is 0 Å². The third kappa shape index (κ3) is 9.18. The number of aliphatic imine (C=N–C) groups is 2. The normalized spacial score (nSPS) is 12.1. The Kier molecular flexibility index (Phi) is 17.7. The summed E-state index contributed by atoms with van der Waals surface area (Å²) in [6, 6.07) is 15.1. The summed E-state index contributed by atoms with van der Waals surface area (Å²) in [5.74, 6) is -4.41. The number of hydrogen-bond donors (Lipinski definition) is 0. The SMILES string of the molecule is CC(C)[C@@H](N=Cc1cc2ccccc2c(-c2c([O-])c(C=N[C@@H](C(=O)[O-])C(C)C)cc3ccccc23)c1[O-])C(=O)[O-].[O-2].[O-2].[O-2].[V].[V]. The molecule has 240 valence electrons. The Hall–Kier alpha value is -3.67. The van der Waals surface area contributed by atoms with Crippen LogP contribution in [-0.4, -0.2) is 36.5 Å². The van der Waals surface area contributed by atoms with E-state index >= 15 is 0 Å². The Labute approximate surface area is 284 Å². The van der Waals surface area contributed by atoms with Crippen LogP contribution in [0.15, 0.2) is 70.6 Å². The summed E-state index contributed by atoms with van der Waals surface area (Å²) in [6.07, 6.45) is 2.45. The van der Waals surface area contributed by atoms with E-state index in [-0.39, 0.29) is 87.6 Å². The third-order valence-corrected chi connectivity index (χ3v) is 6.81. The molecule has 0 unspecified atom stereocenters. The van der Waals surface area contributed by atoms with Crippen LogP contribution >= 0.6 is 0 Å². The summed E-state index contributed by atoms with van der Waals surface area (Å²) in [5.41, 5.74) is 0.539. The number of hydrogen-bond acceptors (Lipinski definition) is 8. The fraction of sp³-hybridized carbons (Fsp3) is 0.250. The van der Waals surface area contributed by atoms with E-state index in [4.69, 9.17) is 0 Å². The molecule has 0 saturated heterocycles. The van der Waals surface area contributed by atoms with E-state index in [1.165, 1.54) is 12.4 Å². The van der Waals surface area contributed by atoms with Gasteiger partial charge in [0.25, 0.3) is 0 Å². The minimum Gasteiger partial charge on any atom is -2.00 e. The zero-order valence-electron chi connectivity index (χ0n) is 24.7. The number of aliphatic carboxylic acids is 2. The Morgan fingerprint density at radius 3 is 1.22 bits per heavy atom. The van der Waals surface area contributed by atoms with Crippen LogP contribution in [0.1, 0.15) is 38.8 Å². The van der Waals surface area contributed by atoms with Crippen molar-refractivity contribution in [1.82, 2.24) is 0 Å². The van der Waals surface area contributed by atoms with Gasteiger partial charge in [-0.2, -0.15) is 0 Å². The first kappa shape index (κ1) is 43.5. The van der Waals surface area contributed by atoms with Gasteiger partial charge in [0.2, 0.25) is 0 Å². The second kappa shape index (κ2) is 18.3. The van der Waals surface area contributed by atoms with Gasteiger partial charge in [0.1, 0.15) is 0 Å². The topological polar surface area (TPSA) is 237 Å². The molecule has 0 amide bonds. The predicted octanol–water partition coefficient (Wildman–Crippen LogP) is 1.83. The van der Waals surface area contributed by atoms with Crippen molar-refractivity contribution < 1.29 is 83.6 Å². The number of carboxylic acid groups (broad SMARTS) is 2. The predicted molar refractivity (Wildman–Crippen MR) is 150 cm³/mol. The van der Waals surface area contributed by atoms with Crippen molar-refractivity contribution in [2.24, 2.45) is 21.8 Å². The summed E-state index contributed by atoms with van der Waals surface area (Å²) in [7, 11) is 0. The maximum absolute atomic E-state index is 14.0. The third-order valence-electron chi connectivity index (χ3n) is 6.81. The van der Waals surface area contributed by atoms with Crippen molar-refractivity contribution in [1.29, 1.82) is 0 Å². The number of fused-ring (bicyclic) bond motifs is 2. The van der Waals surface area contributed by atoms with Gasteiger partial charge in [-0.25, -0.2) is 0 Å². The van der Waals surface area contributed by atoms with E-state index in [9.17, 15) is 30.0 Å². The fourth-order valence-electron chi connectivity index (χ4n) is 4.72. The zero-order chi connectivity index (χ0) is 29.1. The van der Waals surface area contributed by atoms with E-state index in [2.05, 4.69) is 9.98 Å². The van der Waals surface area contributed by atoms with Crippen LogP contribution in [0.5, 0.6) is 11.5 Å². The summed E-state index contributed by atoms with van der Waals surface area (Å²) in [5, 5.41) is 53.5. The molecule has 4 rings (SSSR count). The molecular formula is C32H28N2O9V2-10. The minimum atomic E-state index is -1.35. The molecule has 4 aromatic rings. The number of benzene rings is 4. The summed E-state index contributed by atoms with van der Waals surface area (Å²) in [4.78, 5) is 31.4. The number of carbonyl (C=O) groups excluding carboxylic acids is 2. The van der Waals surface area contributed by atoms with Gasteiger partial charge in [-0.15, -0.1) is 0 Å². The monoisotopic (exact) mass is 686 g/mol. The van der Waals surface area contributed by atoms with Crippen molar-refractivity contribution in [2.75, 3.05) is 0 Å². The number of carboxylic acids is 2. The number of nitrogens with zero attached hydrogens (tertiary/aromatic N) is 2. The molecule has 0 aliphatic heterocycles. The minimum absolute atomic E-state index is 0. The number of rotatable bonds is 9. The van der Waals surface area contributed by atoms with Crippen LogP contribution < -0.4 is 20.4 Å². The molecular weight excluding hydrogens is 658 g/mol. The Morgan fingerprint density at radius 2 is 0.933 bits per heavy atom. The summed E-state index contributed by atoms with van der Waals surface area (Å²) >= 11 is 0. The maximum Gasteiger partial charge on any atom is 0.0915 e. The summed E-state index contributed by atoms with van der Waals surface area (Å²) in [6.45, 7) is 6.76. The fourth-order valence-corrected chi connectivity index (χ4v) is 4.72. The molecule has 4 aromatic carbocycles. The van der Waals surface area contributed by atoms with E-state index in [0.717, 1.165) is 0 Å². The van der Waals surface area contributed by atoms with Gasteiger partial charge in [-0.05, 0) is 67.8 Å². The van der Waals surface area contributed by atoms with Crippen molar-refractivity contribution in [3.63, 3.8) is 0 Å². The second-order valence-corrected chi connectivity index (χ2v) is 10.4. The molecule has 0 spiro atoms. The smallest absolute Gasteiger partial charge is 0.0915 e. The first-order valence-corrected chi connectivity index (χ1v) is 12.9. The second-order valence-electron chi connectivity index (χ2n) is 10.4.